The molecule has 0 unspecified atom stereocenters. The number of methoxy groups -OCH3 is 3. The lowest BCUT2D eigenvalue weighted by Gasteiger charge is -2.11. The predicted molar refractivity (Wildman–Crippen MR) is 108 cm³/mol. The third-order valence-electron chi connectivity index (χ3n) is 4.14. The predicted octanol–water partition coefficient (Wildman–Crippen LogP) is 2.17. The van der Waals surface area contributed by atoms with E-state index in [9.17, 15) is 9.90 Å². The van der Waals surface area contributed by atoms with Crippen molar-refractivity contribution in [2.24, 2.45) is 0 Å². The Bertz CT molecular complexity index is 1010. The number of carbonyl (C=O) groups is 1. The zero-order chi connectivity index (χ0) is 21.5. The van der Waals surface area contributed by atoms with E-state index in [1.807, 2.05) is 0 Å². The minimum atomic E-state index is -0.564. The molecule has 0 atom stereocenters. The summed E-state index contributed by atoms with van der Waals surface area (Å²) >= 11 is 1.19. The summed E-state index contributed by atoms with van der Waals surface area (Å²) in [6.45, 7) is 0. The van der Waals surface area contributed by atoms with Crippen LogP contribution in [0.1, 0.15) is 6.42 Å². The molecule has 1 heterocycles. The van der Waals surface area contributed by atoms with E-state index in [2.05, 4.69) is 10.6 Å². The van der Waals surface area contributed by atoms with Gasteiger partial charge in [-0.3, -0.25) is 4.79 Å². The number of nitrogens with one attached hydrogen (secondary N) is 1. The highest BCUT2D eigenvalue weighted by atomic mass is 32.2. The van der Waals surface area contributed by atoms with E-state index < -0.39 is 5.95 Å². The molecule has 0 spiro atoms. The molecule has 3 rings (SSSR count). The summed E-state index contributed by atoms with van der Waals surface area (Å²) in [6.07, 6.45) is 0.165. The summed E-state index contributed by atoms with van der Waals surface area (Å²) < 4.78 is 21.8. The minimum absolute atomic E-state index is 0.165. The second-order valence-electron chi connectivity index (χ2n) is 5.99. The van der Waals surface area contributed by atoms with Gasteiger partial charge in [0.15, 0.2) is 5.95 Å². The lowest BCUT2D eigenvalue weighted by molar-refractivity contribution is -0.705. The Kier molecular flexibility index (Phi) is 7.02. The van der Waals surface area contributed by atoms with Crippen molar-refractivity contribution in [2.45, 2.75) is 11.4 Å². The third kappa shape index (κ3) is 4.95. The van der Waals surface area contributed by atoms with Crippen LogP contribution in [-0.2, 0) is 4.79 Å². The van der Waals surface area contributed by atoms with Crippen LogP contribution in [-0.4, -0.2) is 38.3 Å². The van der Waals surface area contributed by atoms with E-state index >= 15 is 0 Å². The van der Waals surface area contributed by atoms with Gasteiger partial charge >= 0.3 is 0 Å². The molecule has 10 heteroatoms. The topological polar surface area (TPSA) is 110 Å². The van der Waals surface area contributed by atoms with E-state index in [-0.39, 0.29) is 17.4 Å². The molecule has 0 saturated heterocycles. The molecule has 3 aromatic rings. The first-order valence-corrected chi connectivity index (χ1v) is 9.92. The van der Waals surface area contributed by atoms with Crippen molar-refractivity contribution in [1.82, 2.24) is 5.27 Å². The monoisotopic (exact) mass is 431 g/mol. The molecule has 0 radical (unpaired) electrons. The van der Waals surface area contributed by atoms with Gasteiger partial charge in [0.05, 0.1) is 32.3 Å². The van der Waals surface area contributed by atoms with Gasteiger partial charge in [0.2, 0.25) is 11.6 Å². The molecule has 0 bridgehead atoms. The first-order valence-electron chi connectivity index (χ1n) is 8.94. The molecule has 1 amide bonds. The lowest BCUT2D eigenvalue weighted by Crippen LogP contribution is -2.34. The van der Waals surface area contributed by atoms with E-state index in [1.165, 1.54) is 23.6 Å². The Morgan fingerprint density at radius 1 is 1.10 bits per heavy atom. The van der Waals surface area contributed by atoms with Crippen molar-refractivity contribution in [3.05, 3.63) is 42.5 Å². The summed E-state index contributed by atoms with van der Waals surface area (Å²) in [7, 11) is 4.63. The molecule has 9 nitrogen and oxygen atoms in total. The van der Waals surface area contributed by atoms with Gasteiger partial charge < -0.3 is 29.2 Å². The zero-order valence-electron chi connectivity index (χ0n) is 16.7. The van der Waals surface area contributed by atoms with E-state index in [1.54, 1.807) is 56.7 Å². The van der Waals surface area contributed by atoms with Crippen LogP contribution in [0.4, 0.5) is 5.69 Å². The number of nitrogens with zero attached hydrogens (tertiary/aromatic N) is 2. The fourth-order valence-corrected chi connectivity index (χ4v) is 3.51. The molecule has 30 heavy (non-hydrogen) atoms. The molecule has 1 N–H and O–H groups in total. The summed E-state index contributed by atoms with van der Waals surface area (Å²) in [5.74, 6) is 1.37. The van der Waals surface area contributed by atoms with Gasteiger partial charge in [0.25, 0.3) is 5.03 Å². The van der Waals surface area contributed by atoms with Crippen molar-refractivity contribution in [2.75, 3.05) is 32.4 Å². The minimum Gasteiger partial charge on any atom is -0.538 e. The number of hydrogen-bond acceptors (Lipinski definition) is 8. The van der Waals surface area contributed by atoms with Gasteiger partial charge in [0.1, 0.15) is 17.2 Å². The molecule has 158 valence electrons. The quantitative estimate of drug-likeness (QED) is 0.406. The number of carbonyl (C=O) groups excluding carboxylic acids is 1. The average Bonchev–Trinajstić information content (AvgIpc) is 3.14. The van der Waals surface area contributed by atoms with Crippen molar-refractivity contribution >= 4 is 23.4 Å². The standard InChI is InChI=1S/C20H21N3O6S/c1-26-14-6-4-13(5-7-14)23-19(20(25)29-22-23)30-11-10-18(24)21-16-12-15(27-2)8-9-17(16)28-3/h4-9,12H,10-11H2,1-3H3,(H-,21,22,24,25). The van der Waals surface area contributed by atoms with Gasteiger partial charge in [-0.15, -0.1) is 0 Å². The highest BCUT2D eigenvalue weighted by Crippen LogP contribution is 2.29. The molecule has 0 saturated carbocycles. The fraction of sp³-hybridized carbons (Fsp3) is 0.250. The van der Waals surface area contributed by atoms with Crippen LogP contribution in [0.5, 0.6) is 23.2 Å². The van der Waals surface area contributed by atoms with Crippen molar-refractivity contribution in [1.29, 1.82) is 0 Å². The summed E-state index contributed by atoms with van der Waals surface area (Å²) in [4.78, 5) is 12.4. The SMILES string of the molecule is COc1ccc(-[n+]2noc([O-])c2SCCC(=O)Nc2cc(OC)ccc2OC)cc1. The second kappa shape index (κ2) is 9.88. The molecule has 0 aliphatic carbocycles. The second-order valence-corrected chi connectivity index (χ2v) is 7.07. The first-order chi connectivity index (χ1) is 14.5. The Morgan fingerprint density at radius 2 is 1.80 bits per heavy atom. The number of amides is 1. The first kappa shape index (κ1) is 21.3. The number of ether oxygens (including phenoxy) is 3. The van der Waals surface area contributed by atoms with E-state index in [0.717, 1.165) is 0 Å². The van der Waals surface area contributed by atoms with Crippen LogP contribution in [0, 0.1) is 0 Å². The third-order valence-corrected chi connectivity index (χ3v) is 5.16. The van der Waals surface area contributed by atoms with Crippen LogP contribution < -0.4 is 29.3 Å². The largest absolute Gasteiger partial charge is 0.538 e. The van der Waals surface area contributed by atoms with Crippen LogP contribution in [0.25, 0.3) is 5.69 Å². The van der Waals surface area contributed by atoms with Crippen LogP contribution in [0.3, 0.4) is 0 Å². The molecular formula is C20H21N3O6S. The van der Waals surface area contributed by atoms with Gasteiger partial charge in [-0.1, -0.05) is 11.8 Å². The maximum atomic E-state index is 12.4. The number of rotatable bonds is 9. The number of benzene rings is 2. The number of anilines is 1. The molecular weight excluding hydrogens is 410 g/mol. The zero-order valence-corrected chi connectivity index (χ0v) is 17.5. The van der Waals surface area contributed by atoms with E-state index in [0.29, 0.717) is 34.4 Å². The molecule has 0 aliphatic rings. The lowest BCUT2D eigenvalue weighted by atomic mass is 10.2. The highest BCUT2D eigenvalue weighted by molar-refractivity contribution is 7.99. The summed E-state index contributed by atoms with van der Waals surface area (Å²) in [5, 5.41) is 18.9. The maximum Gasteiger partial charge on any atom is 0.297 e. The van der Waals surface area contributed by atoms with Crippen molar-refractivity contribution in [3.63, 3.8) is 0 Å². The van der Waals surface area contributed by atoms with E-state index in [4.69, 9.17) is 18.7 Å². The van der Waals surface area contributed by atoms with Crippen LogP contribution in [0.2, 0.25) is 0 Å². The summed E-state index contributed by atoms with van der Waals surface area (Å²) in [6, 6.07) is 12.2. The fourth-order valence-electron chi connectivity index (χ4n) is 2.61. The maximum absolute atomic E-state index is 12.4. The number of thioether (sulfide) groups is 1. The average molecular weight is 431 g/mol. The Labute approximate surface area is 177 Å². The summed E-state index contributed by atoms with van der Waals surface area (Å²) in [5.41, 5.74) is 1.16. The molecule has 2 aromatic carbocycles. The van der Waals surface area contributed by atoms with Crippen LogP contribution in [0.15, 0.2) is 52.0 Å². The Hall–Kier alpha value is -3.40. The normalized spacial score (nSPS) is 10.5. The van der Waals surface area contributed by atoms with Gasteiger partial charge in [-0.25, -0.2) is 0 Å². The highest BCUT2D eigenvalue weighted by Gasteiger charge is 2.21. The number of aromatic nitrogens is 2. The van der Waals surface area contributed by atoms with Crippen molar-refractivity contribution < 1.29 is 33.3 Å². The number of hydrogen-bond donors (Lipinski definition) is 1. The molecule has 1 aromatic heterocycles. The van der Waals surface area contributed by atoms with Gasteiger partial charge in [0, 0.05) is 30.4 Å². The molecule has 0 aliphatic heterocycles. The van der Waals surface area contributed by atoms with Gasteiger partial charge in [-0.05, 0) is 28.9 Å². The molecule has 0 fully saturated rings. The van der Waals surface area contributed by atoms with Gasteiger partial charge in [-0.2, -0.15) is 0 Å². The van der Waals surface area contributed by atoms with Crippen molar-refractivity contribution in [3.8, 4) is 28.9 Å². The Balaban J connectivity index is 1.63. The van der Waals surface area contributed by atoms with Crippen LogP contribution >= 0.6 is 11.8 Å². The Morgan fingerprint density at radius 3 is 2.47 bits per heavy atom. The smallest absolute Gasteiger partial charge is 0.297 e.